The zero-order chi connectivity index (χ0) is 28.8. The molecule has 0 aromatic heterocycles. The van der Waals surface area contributed by atoms with Crippen LogP contribution < -0.4 is 0 Å². The van der Waals surface area contributed by atoms with Crippen molar-refractivity contribution in [3.8, 4) is 0 Å². The van der Waals surface area contributed by atoms with E-state index < -0.39 is 34.9 Å². The summed E-state index contributed by atoms with van der Waals surface area (Å²) in [4.78, 5) is 33.5. The molecule has 4 aromatic rings. The minimum absolute atomic E-state index is 0.0144. The second kappa shape index (κ2) is 10.0. The van der Waals surface area contributed by atoms with Crippen LogP contribution in [0.2, 0.25) is 0 Å². The lowest BCUT2D eigenvalue weighted by Crippen LogP contribution is -2.51. The van der Waals surface area contributed by atoms with E-state index >= 15 is 0 Å². The number of allylic oxidation sites excluding steroid dienone is 1. The molecule has 0 unspecified atom stereocenters. The number of cyclic esters (lactones) is 1. The first-order chi connectivity index (χ1) is 19.7. The van der Waals surface area contributed by atoms with Crippen molar-refractivity contribution >= 4 is 28.6 Å². The van der Waals surface area contributed by atoms with Gasteiger partial charge in [0.1, 0.15) is 11.4 Å². The molecule has 6 heteroatoms. The smallest absolute Gasteiger partial charge is 0.342 e. The van der Waals surface area contributed by atoms with Gasteiger partial charge in [-0.2, -0.15) is 0 Å². The van der Waals surface area contributed by atoms with Crippen molar-refractivity contribution in [1.29, 1.82) is 0 Å². The lowest BCUT2D eigenvalue weighted by molar-refractivity contribution is -0.151. The quantitative estimate of drug-likeness (QED) is 0.279. The van der Waals surface area contributed by atoms with Crippen LogP contribution in [-0.4, -0.2) is 34.1 Å². The molecule has 6 nitrogen and oxygen atoms in total. The average Bonchev–Trinajstić information content (AvgIpc) is 3.30. The molecule has 0 amide bonds. The fraction of sp³-hybridized carbons (Fsp3) is 0.229. The lowest BCUT2D eigenvalue weighted by Gasteiger charge is -2.43. The van der Waals surface area contributed by atoms with Crippen molar-refractivity contribution in [1.82, 2.24) is 0 Å². The van der Waals surface area contributed by atoms with Crippen LogP contribution in [0.1, 0.15) is 55.7 Å². The summed E-state index contributed by atoms with van der Waals surface area (Å²) < 4.78 is 11.8. The molecule has 0 saturated heterocycles. The third kappa shape index (κ3) is 4.59. The number of benzene rings is 4. The second-order valence-electron chi connectivity index (χ2n) is 11.5. The number of nitrogens with zero attached hydrogens (tertiary/aromatic N) is 1. The molecule has 1 aliphatic carbocycles. The summed E-state index contributed by atoms with van der Waals surface area (Å²) in [5.74, 6) is -2.80. The first-order valence-electron chi connectivity index (χ1n) is 13.7. The van der Waals surface area contributed by atoms with Gasteiger partial charge < -0.3 is 14.6 Å². The molecule has 0 bridgehead atoms. The van der Waals surface area contributed by atoms with Crippen molar-refractivity contribution in [3.05, 3.63) is 131 Å². The number of hydrogen-bond donors (Lipinski definition) is 1. The molecule has 1 aliphatic heterocycles. The van der Waals surface area contributed by atoms with Crippen LogP contribution in [0.3, 0.4) is 0 Å². The van der Waals surface area contributed by atoms with Crippen molar-refractivity contribution < 1.29 is 24.2 Å². The van der Waals surface area contributed by atoms with Gasteiger partial charge in [0.2, 0.25) is 5.90 Å². The zero-order valence-electron chi connectivity index (χ0n) is 23.2. The van der Waals surface area contributed by atoms with Crippen LogP contribution in [0.25, 0.3) is 10.8 Å². The number of fused-ring (bicyclic) bond motifs is 1. The van der Waals surface area contributed by atoms with E-state index in [9.17, 15) is 14.7 Å². The Labute approximate surface area is 239 Å². The van der Waals surface area contributed by atoms with Crippen molar-refractivity contribution in [2.75, 3.05) is 0 Å². The molecule has 206 valence electrons. The van der Waals surface area contributed by atoms with Crippen LogP contribution in [0.15, 0.2) is 119 Å². The van der Waals surface area contributed by atoms with Crippen LogP contribution in [0, 0.1) is 0 Å². The van der Waals surface area contributed by atoms with Gasteiger partial charge in [-0.1, -0.05) is 91.0 Å². The highest BCUT2D eigenvalue weighted by Gasteiger charge is 2.63. The van der Waals surface area contributed by atoms with E-state index in [-0.39, 0.29) is 23.7 Å². The standard InChI is InChI=1S/C35H31NO5/c1-34(2,3)41-32(38)29-28(37)21-27(23-14-6-4-7-15-23)35(33(39)40-31(36-35)24-16-8-5-9-17-24)30(29)26-20-12-18-22-13-10-11-19-25(22)26/h4-20,27,30,37H,21H2,1-3H3/t27-,30+,35-/m1/s1. The number of hydrogen-bond acceptors (Lipinski definition) is 6. The maximum atomic E-state index is 14.4. The Morgan fingerprint density at radius 3 is 2.24 bits per heavy atom. The van der Waals surface area contributed by atoms with Gasteiger partial charge in [-0.15, -0.1) is 0 Å². The number of rotatable bonds is 4. The van der Waals surface area contributed by atoms with Gasteiger partial charge in [-0.05, 0) is 54.8 Å². The molecule has 1 spiro atoms. The minimum atomic E-state index is -1.59. The van der Waals surface area contributed by atoms with E-state index in [0.29, 0.717) is 11.1 Å². The third-order valence-electron chi connectivity index (χ3n) is 7.75. The van der Waals surface area contributed by atoms with Crippen molar-refractivity contribution in [2.45, 2.75) is 50.2 Å². The number of carbonyl (C=O) groups is 2. The predicted octanol–water partition coefficient (Wildman–Crippen LogP) is 7.01. The predicted molar refractivity (Wildman–Crippen MR) is 158 cm³/mol. The maximum Gasteiger partial charge on any atom is 0.342 e. The molecule has 0 radical (unpaired) electrons. The monoisotopic (exact) mass is 545 g/mol. The second-order valence-corrected chi connectivity index (χ2v) is 11.5. The zero-order valence-corrected chi connectivity index (χ0v) is 23.2. The fourth-order valence-corrected chi connectivity index (χ4v) is 6.08. The minimum Gasteiger partial charge on any atom is -0.512 e. The molecular formula is C35H31NO5. The normalized spacial score (nSPS) is 22.5. The first kappa shape index (κ1) is 26.5. The summed E-state index contributed by atoms with van der Waals surface area (Å²) in [6, 6.07) is 32.3. The van der Waals surface area contributed by atoms with Gasteiger partial charge >= 0.3 is 11.9 Å². The van der Waals surface area contributed by atoms with Gasteiger partial charge in [0, 0.05) is 17.9 Å². The molecule has 0 saturated carbocycles. The van der Waals surface area contributed by atoms with Gasteiger partial charge in [0.25, 0.3) is 0 Å². The molecule has 3 atom stereocenters. The summed E-state index contributed by atoms with van der Waals surface area (Å²) in [5.41, 5.74) is -0.244. The maximum absolute atomic E-state index is 14.4. The summed E-state index contributed by atoms with van der Waals surface area (Å²) in [6.07, 6.45) is 0.0144. The molecule has 1 N–H and O–H groups in total. The SMILES string of the molecule is CC(C)(C)OC(=O)C1=C(O)C[C@H](c2ccccc2)[C@@]2(N=C(c3ccccc3)OC2=O)[C@H]1c1cccc2ccccc12. The highest BCUT2D eigenvalue weighted by Crippen LogP contribution is 2.57. The van der Waals surface area contributed by atoms with Crippen LogP contribution >= 0.6 is 0 Å². The lowest BCUT2D eigenvalue weighted by atomic mass is 9.60. The van der Waals surface area contributed by atoms with E-state index in [1.165, 1.54) is 0 Å². The first-order valence-corrected chi connectivity index (χ1v) is 13.7. The highest BCUT2D eigenvalue weighted by molar-refractivity contribution is 6.10. The van der Waals surface area contributed by atoms with Crippen LogP contribution in [0.4, 0.5) is 0 Å². The molecule has 4 aromatic carbocycles. The Balaban J connectivity index is 1.69. The van der Waals surface area contributed by atoms with Gasteiger partial charge in [0.15, 0.2) is 5.54 Å². The van der Waals surface area contributed by atoms with E-state index in [4.69, 9.17) is 14.5 Å². The van der Waals surface area contributed by atoms with Gasteiger partial charge in [-0.3, -0.25) is 0 Å². The van der Waals surface area contributed by atoms with Crippen molar-refractivity contribution in [2.24, 2.45) is 4.99 Å². The number of carbonyl (C=O) groups excluding carboxylic acids is 2. The topological polar surface area (TPSA) is 85.2 Å². The molecular weight excluding hydrogens is 514 g/mol. The van der Waals surface area contributed by atoms with E-state index in [1.807, 2.05) is 103 Å². The van der Waals surface area contributed by atoms with Crippen LogP contribution in [0.5, 0.6) is 0 Å². The number of aliphatic hydroxyl groups is 1. The van der Waals surface area contributed by atoms with Crippen molar-refractivity contribution in [3.63, 3.8) is 0 Å². The summed E-state index contributed by atoms with van der Waals surface area (Å²) in [7, 11) is 0. The van der Waals surface area contributed by atoms with Gasteiger partial charge in [-0.25, -0.2) is 14.6 Å². The average molecular weight is 546 g/mol. The van der Waals surface area contributed by atoms with E-state index in [1.54, 1.807) is 20.8 Å². The Kier molecular flexibility index (Phi) is 6.49. The molecule has 41 heavy (non-hydrogen) atoms. The summed E-state index contributed by atoms with van der Waals surface area (Å²) >= 11 is 0. The Morgan fingerprint density at radius 2 is 1.54 bits per heavy atom. The Morgan fingerprint density at radius 1 is 0.902 bits per heavy atom. The molecule has 2 aliphatic rings. The Bertz CT molecular complexity index is 1700. The van der Waals surface area contributed by atoms with Gasteiger partial charge in [0.05, 0.1) is 11.5 Å². The van der Waals surface area contributed by atoms with E-state index in [2.05, 4.69) is 0 Å². The Hall–Kier alpha value is -4.71. The largest absolute Gasteiger partial charge is 0.512 e. The number of aliphatic imine (C=N–C) groups is 1. The highest BCUT2D eigenvalue weighted by atomic mass is 16.6. The molecule has 0 fully saturated rings. The molecule has 1 heterocycles. The third-order valence-corrected chi connectivity index (χ3v) is 7.75. The number of ether oxygens (including phenoxy) is 2. The number of esters is 2. The number of aliphatic hydroxyl groups excluding tert-OH is 1. The van der Waals surface area contributed by atoms with Crippen LogP contribution in [-0.2, 0) is 19.1 Å². The summed E-state index contributed by atoms with van der Waals surface area (Å²) in [5, 5.41) is 13.4. The fourth-order valence-electron chi connectivity index (χ4n) is 6.08. The van der Waals surface area contributed by atoms with E-state index in [0.717, 1.165) is 16.3 Å². The summed E-state index contributed by atoms with van der Waals surface area (Å²) in [6.45, 7) is 5.32. The molecule has 6 rings (SSSR count).